The number of hydrogen-bond donors (Lipinski definition) is 2. The van der Waals surface area contributed by atoms with Crippen LogP contribution in [0.2, 0.25) is 0 Å². The van der Waals surface area contributed by atoms with Crippen molar-refractivity contribution >= 4 is 50.2 Å². The predicted molar refractivity (Wildman–Crippen MR) is 143 cm³/mol. The summed E-state index contributed by atoms with van der Waals surface area (Å²) in [7, 11) is -2.57. The Balaban J connectivity index is 1.89. The second-order valence-corrected chi connectivity index (χ2v) is 11.8. The van der Waals surface area contributed by atoms with Gasteiger partial charge in [-0.2, -0.15) is 4.31 Å². The number of thiophene rings is 1. The van der Waals surface area contributed by atoms with Gasteiger partial charge in [-0.05, 0) is 49.1 Å². The molecule has 0 saturated heterocycles. The minimum Gasteiger partial charge on any atom is -0.453 e. The molecule has 2 heterocycles. The number of nitrogens with one attached hydrogen (secondary N) is 2. The topological polar surface area (TPSA) is 142 Å². The van der Waals surface area contributed by atoms with Crippen molar-refractivity contribution in [2.45, 2.75) is 51.5 Å². The number of alkyl carbamates (subject to hydrolysis) is 1. The van der Waals surface area contributed by atoms with Crippen molar-refractivity contribution in [3.8, 4) is 0 Å². The van der Waals surface area contributed by atoms with E-state index in [4.69, 9.17) is 0 Å². The molecule has 1 aliphatic heterocycles. The van der Waals surface area contributed by atoms with Crippen LogP contribution in [0.3, 0.4) is 0 Å². The molecule has 0 aliphatic carbocycles. The lowest BCUT2D eigenvalue weighted by Crippen LogP contribution is -2.35. The van der Waals surface area contributed by atoms with Crippen LogP contribution >= 0.6 is 11.3 Å². The summed E-state index contributed by atoms with van der Waals surface area (Å²) in [6.07, 6.45) is 0.802. The first kappa shape index (κ1) is 29.3. The van der Waals surface area contributed by atoms with E-state index in [-0.39, 0.29) is 33.5 Å². The monoisotopic (exact) mass is 564 g/mol. The molecule has 2 aromatic rings. The van der Waals surface area contributed by atoms with Gasteiger partial charge in [0.1, 0.15) is 5.00 Å². The molecule has 38 heavy (non-hydrogen) atoms. The predicted octanol–water partition coefficient (Wildman–Crippen LogP) is 3.21. The van der Waals surface area contributed by atoms with Crippen LogP contribution in [-0.4, -0.2) is 68.2 Å². The number of benzene rings is 1. The van der Waals surface area contributed by atoms with Gasteiger partial charge in [0.2, 0.25) is 15.9 Å². The number of anilines is 1. The second-order valence-electron chi connectivity index (χ2n) is 8.73. The van der Waals surface area contributed by atoms with Gasteiger partial charge in [-0.1, -0.05) is 13.8 Å². The highest BCUT2D eigenvalue weighted by Crippen LogP contribution is 2.37. The van der Waals surface area contributed by atoms with Crippen molar-refractivity contribution in [1.82, 2.24) is 14.5 Å². The first-order valence-electron chi connectivity index (χ1n) is 12.2. The number of amides is 4. The SMILES string of the molecule is CCCN(CCC)S(=O)(=O)c1ccc(C(=O)Nc2sc3c(c2C(=O)NC(=O)OC)CCN(C(C)=O)C3)cc1. The minimum absolute atomic E-state index is 0.0880. The van der Waals surface area contributed by atoms with E-state index in [1.807, 2.05) is 13.8 Å². The number of hydrogen-bond acceptors (Lipinski definition) is 8. The summed E-state index contributed by atoms with van der Waals surface area (Å²) in [6, 6.07) is 5.60. The average molecular weight is 565 g/mol. The first-order valence-corrected chi connectivity index (χ1v) is 14.5. The van der Waals surface area contributed by atoms with Crippen molar-refractivity contribution in [3.05, 3.63) is 45.8 Å². The third-order valence-electron chi connectivity index (χ3n) is 6.06. The number of carbonyl (C=O) groups is 4. The molecule has 11 nitrogen and oxygen atoms in total. The van der Waals surface area contributed by atoms with Gasteiger partial charge in [0.15, 0.2) is 0 Å². The van der Waals surface area contributed by atoms with E-state index in [0.29, 0.717) is 44.5 Å². The third-order valence-corrected chi connectivity index (χ3v) is 9.10. The zero-order valence-corrected chi connectivity index (χ0v) is 23.5. The van der Waals surface area contributed by atoms with E-state index in [9.17, 15) is 27.6 Å². The molecule has 4 amide bonds. The lowest BCUT2D eigenvalue weighted by molar-refractivity contribution is -0.129. The maximum atomic E-state index is 13.1. The average Bonchev–Trinajstić information content (AvgIpc) is 3.25. The van der Waals surface area contributed by atoms with E-state index in [2.05, 4.69) is 15.4 Å². The van der Waals surface area contributed by atoms with Crippen LogP contribution in [0, 0.1) is 0 Å². The lowest BCUT2D eigenvalue weighted by atomic mass is 10.0. The van der Waals surface area contributed by atoms with Gasteiger partial charge in [0, 0.05) is 37.0 Å². The number of carbonyl (C=O) groups excluding carboxylic acids is 4. The summed E-state index contributed by atoms with van der Waals surface area (Å²) >= 11 is 1.15. The molecule has 0 unspecified atom stereocenters. The summed E-state index contributed by atoms with van der Waals surface area (Å²) in [4.78, 5) is 52.0. The quantitative estimate of drug-likeness (QED) is 0.476. The van der Waals surface area contributed by atoms with E-state index < -0.39 is 27.9 Å². The van der Waals surface area contributed by atoms with Gasteiger partial charge in [-0.15, -0.1) is 11.3 Å². The van der Waals surface area contributed by atoms with Gasteiger partial charge in [-0.25, -0.2) is 13.2 Å². The van der Waals surface area contributed by atoms with Gasteiger partial charge >= 0.3 is 6.09 Å². The van der Waals surface area contributed by atoms with Crippen molar-refractivity contribution in [1.29, 1.82) is 0 Å². The Morgan fingerprint density at radius 3 is 2.24 bits per heavy atom. The van der Waals surface area contributed by atoms with Gasteiger partial charge in [0.25, 0.3) is 11.8 Å². The fourth-order valence-electron chi connectivity index (χ4n) is 4.16. The summed E-state index contributed by atoms with van der Waals surface area (Å²) in [5.41, 5.74) is 0.982. The van der Waals surface area contributed by atoms with Crippen molar-refractivity contribution in [2.24, 2.45) is 0 Å². The standard InChI is InChI=1S/C25H32N4O7S2/c1-5-12-29(13-6-2)38(34,35)18-9-7-17(8-10-18)22(31)26-24-21(23(32)27-25(33)36-4)19-11-14-28(16(3)30)15-20(19)37-24/h7-10H,5-6,11-15H2,1-4H3,(H,26,31)(H,27,32,33). The number of ether oxygens (including phenoxy) is 1. The molecular weight excluding hydrogens is 532 g/mol. The molecule has 0 bridgehead atoms. The molecule has 206 valence electrons. The Bertz CT molecular complexity index is 1310. The minimum atomic E-state index is -3.70. The van der Waals surface area contributed by atoms with Gasteiger partial charge < -0.3 is 15.0 Å². The summed E-state index contributed by atoms with van der Waals surface area (Å²) < 4.78 is 32.0. The Morgan fingerprint density at radius 1 is 1.05 bits per heavy atom. The molecule has 0 radical (unpaired) electrons. The molecule has 1 aliphatic rings. The van der Waals surface area contributed by atoms with E-state index in [0.717, 1.165) is 23.3 Å². The van der Waals surface area contributed by atoms with Crippen LogP contribution in [0.25, 0.3) is 0 Å². The maximum absolute atomic E-state index is 13.1. The Labute approximate surface area is 226 Å². The summed E-state index contributed by atoms with van der Waals surface area (Å²) in [5.74, 6) is -1.39. The molecule has 0 fully saturated rings. The Kier molecular flexibility index (Phi) is 9.63. The number of methoxy groups -OCH3 is 1. The highest BCUT2D eigenvalue weighted by atomic mass is 32.2. The largest absolute Gasteiger partial charge is 0.453 e. The van der Waals surface area contributed by atoms with Crippen molar-refractivity contribution in [2.75, 3.05) is 32.1 Å². The summed E-state index contributed by atoms with van der Waals surface area (Å²) in [5, 5.41) is 5.08. The molecule has 3 rings (SSSR count). The number of nitrogens with zero attached hydrogens (tertiary/aromatic N) is 2. The number of sulfonamides is 1. The molecular formula is C25H32N4O7S2. The van der Waals surface area contributed by atoms with E-state index in [1.54, 1.807) is 4.90 Å². The van der Waals surface area contributed by atoms with Gasteiger partial charge in [-0.3, -0.25) is 19.7 Å². The molecule has 0 spiro atoms. The zero-order valence-electron chi connectivity index (χ0n) is 21.8. The highest BCUT2D eigenvalue weighted by molar-refractivity contribution is 7.89. The van der Waals surface area contributed by atoms with Crippen molar-refractivity contribution < 1.29 is 32.3 Å². The Morgan fingerprint density at radius 2 is 1.68 bits per heavy atom. The molecule has 0 saturated carbocycles. The van der Waals surface area contributed by atoms with Crippen LogP contribution in [-0.2, 0) is 32.5 Å². The molecule has 0 atom stereocenters. The zero-order chi connectivity index (χ0) is 28.0. The first-order chi connectivity index (χ1) is 18.0. The van der Waals surface area contributed by atoms with E-state index >= 15 is 0 Å². The number of imide groups is 1. The Hall–Kier alpha value is -3.29. The molecule has 1 aromatic heterocycles. The lowest BCUT2D eigenvalue weighted by Gasteiger charge is -2.25. The number of fused-ring (bicyclic) bond motifs is 1. The van der Waals surface area contributed by atoms with E-state index in [1.165, 1.54) is 35.5 Å². The third kappa shape index (κ3) is 6.40. The summed E-state index contributed by atoms with van der Waals surface area (Å²) in [6.45, 7) is 6.75. The van der Waals surface area contributed by atoms with Crippen LogP contribution in [0.5, 0.6) is 0 Å². The number of rotatable bonds is 9. The van der Waals surface area contributed by atoms with Crippen molar-refractivity contribution in [3.63, 3.8) is 0 Å². The van der Waals surface area contributed by atoms with Crippen LogP contribution in [0.15, 0.2) is 29.2 Å². The molecule has 2 N–H and O–H groups in total. The highest BCUT2D eigenvalue weighted by Gasteiger charge is 2.31. The van der Waals surface area contributed by atoms with Crippen LogP contribution in [0.4, 0.5) is 9.80 Å². The molecule has 13 heteroatoms. The fraction of sp³-hybridized carbons (Fsp3) is 0.440. The maximum Gasteiger partial charge on any atom is 0.413 e. The van der Waals surface area contributed by atoms with Crippen LogP contribution in [0.1, 0.15) is 64.8 Å². The molecule has 1 aromatic carbocycles. The van der Waals surface area contributed by atoms with Crippen LogP contribution < -0.4 is 10.6 Å². The smallest absolute Gasteiger partial charge is 0.413 e. The normalized spacial score (nSPS) is 13.1. The fourth-order valence-corrected chi connectivity index (χ4v) is 7.04. The van der Waals surface area contributed by atoms with Gasteiger partial charge in [0.05, 0.1) is 24.1 Å². The second kappa shape index (κ2) is 12.5.